The van der Waals surface area contributed by atoms with Crippen molar-refractivity contribution < 1.29 is 23.1 Å². The maximum absolute atomic E-state index is 12.9. The molecule has 18 heavy (non-hydrogen) atoms. The van der Waals surface area contributed by atoms with Crippen LogP contribution >= 0.6 is 15.9 Å². The highest BCUT2D eigenvalue weighted by molar-refractivity contribution is 9.10. The third kappa shape index (κ3) is 2.68. The normalized spacial score (nSPS) is 17.6. The molecule has 0 aliphatic heterocycles. The number of alkyl halides is 3. The minimum Gasteiger partial charge on any atom is -0.481 e. The van der Waals surface area contributed by atoms with Gasteiger partial charge in [0, 0.05) is 4.47 Å². The lowest BCUT2D eigenvalue weighted by molar-refractivity contribution is -0.142. The van der Waals surface area contributed by atoms with Crippen LogP contribution in [0.2, 0.25) is 0 Å². The Balaban J connectivity index is 2.53. The van der Waals surface area contributed by atoms with Gasteiger partial charge in [-0.2, -0.15) is 13.2 Å². The first kappa shape index (κ1) is 13.4. The predicted molar refractivity (Wildman–Crippen MR) is 62.2 cm³/mol. The Kier molecular flexibility index (Phi) is 3.40. The molecule has 1 N–H and O–H groups in total. The predicted octanol–water partition coefficient (Wildman–Crippen LogP) is 4.05. The zero-order valence-corrected chi connectivity index (χ0v) is 10.8. The van der Waals surface area contributed by atoms with E-state index < -0.39 is 23.6 Å². The van der Waals surface area contributed by atoms with E-state index in [-0.39, 0.29) is 11.5 Å². The highest BCUT2D eigenvalue weighted by atomic mass is 79.9. The van der Waals surface area contributed by atoms with Crippen molar-refractivity contribution in [2.24, 2.45) is 5.92 Å². The van der Waals surface area contributed by atoms with E-state index in [0.29, 0.717) is 17.3 Å². The number of hydrogen-bond donors (Lipinski definition) is 1. The van der Waals surface area contributed by atoms with Crippen LogP contribution in [0.25, 0.3) is 0 Å². The summed E-state index contributed by atoms with van der Waals surface area (Å²) in [4.78, 5) is 11.2. The first-order chi connectivity index (χ1) is 8.30. The second-order valence-corrected chi connectivity index (χ2v) is 5.30. The molecule has 0 aromatic heterocycles. The molecule has 1 fully saturated rings. The van der Waals surface area contributed by atoms with Gasteiger partial charge < -0.3 is 5.11 Å². The van der Waals surface area contributed by atoms with Gasteiger partial charge in [0.1, 0.15) is 0 Å². The third-order valence-corrected chi connectivity index (χ3v) is 3.51. The van der Waals surface area contributed by atoms with Crippen molar-refractivity contribution in [3.63, 3.8) is 0 Å². The molecule has 1 aliphatic carbocycles. The lowest BCUT2D eigenvalue weighted by atomic mass is 9.90. The Morgan fingerprint density at radius 1 is 1.39 bits per heavy atom. The molecule has 1 aromatic rings. The molecule has 1 aliphatic rings. The number of benzene rings is 1. The van der Waals surface area contributed by atoms with Crippen LogP contribution in [0.5, 0.6) is 0 Å². The van der Waals surface area contributed by atoms with E-state index in [9.17, 15) is 18.0 Å². The first-order valence-electron chi connectivity index (χ1n) is 5.40. The van der Waals surface area contributed by atoms with Crippen LogP contribution in [-0.2, 0) is 11.0 Å². The van der Waals surface area contributed by atoms with Gasteiger partial charge in [-0.3, -0.25) is 4.79 Å². The molecule has 0 bridgehead atoms. The maximum atomic E-state index is 12.9. The van der Waals surface area contributed by atoms with Gasteiger partial charge in [-0.1, -0.05) is 15.9 Å². The molecule has 0 spiro atoms. The van der Waals surface area contributed by atoms with E-state index in [1.54, 1.807) is 0 Å². The molecule has 0 radical (unpaired) electrons. The summed E-state index contributed by atoms with van der Waals surface area (Å²) in [6, 6.07) is 3.47. The van der Waals surface area contributed by atoms with Crippen LogP contribution in [0, 0.1) is 5.92 Å². The molecule has 6 heteroatoms. The second-order valence-electron chi connectivity index (χ2n) is 4.38. The van der Waals surface area contributed by atoms with Gasteiger partial charge in [0.15, 0.2) is 0 Å². The van der Waals surface area contributed by atoms with Gasteiger partial charge >= 0.3 is 12.1 Å². The number of carboxylic acids is 1. The second kappa shape index (κ2) is 4.57. The summed E-state index contributed by atoms with van der Waals surface area (Å²) in [6.45, 7) is 0. The van der Waals surface area contributed by atoms with E-state index >= 15 is 0 Å². The van der Waals surface area contributed by atoms with Crippen molar-refractivity contribution in [1.29, 1.82) is 0 Å². The summed E-state index contributed by atoms with van der Waals surface area (Å²) in [5.74, 6) is -2.45. The van der Waals surface area contributed by atoms with Crippen LogP contribution in [0.1, 0.15) is 29.9 Å². The Bertz CT molecular complexity index is 481. The molecule has 1 saturated carbocycles. The largest absolute Gasteiger partial charge is 0.481 e. The molecule has 98 valence electrons. The number of aliphatic carboxylic acids is 1. The average molecular weight is 323 g/mol. The average Bonchev–Trinajstić information content (AvgIpc) is 2.99. The standard InChI is InChI=1S/C12H10BrF3O2/c13-7-3-4-9(12(14,15)16)8(5-7)10(11(17)18)6-1-2-6/h3-6,10H,1-2H2,(H,17,18). The van der Waals surface area contributed by atoms with Crippen LogP contribution in [0.4, 0.5) is 13.2 Å². The zero-order chi connectivity index (χ0) is 13.5. The molecule has 0 saturated heterocycles. The summed E-state index contributed by atoms with van der Waals surface area (Å²) >= 11 is 3.09. The summed E-state index contributed by atoms with van der Waals surface area (Å²) in [5, 5.41) is 9.14. The van der Waals surface area contributed by atoms with Crippen molar-refractivity contribution in [2.45, 2.75) is 24.9 Å². The minimum absolute atomic E-state index is 0.146. The Hall–Kier alpha value is -1.04. The van der Waals surface area contributed by atoms with Gasteiger partial charge in [0.25, 0.3) is 0 Å². The van der Waals surface area contributed by atoms with Gasteiger partial charge in [-0.05, 0) is 42.5 Å². The van der Waals surface area contributed by atoms with Crippen LogP contribution in [0.3, 0.4) is 0 Å². The first-order valence-corrected chi connectivity index (χ1v) is 6.19. The Morgan fingerprint density at radius 2 is 2.00 bits per heavy atom. The SMILES string of the molecule is O=C(O)C(c1cc(Br)ccc1C(F)(F)F)C1CC1. The van der Waals surface area contributed by atoms with E-state index in [1.165, 1.54) is 12.1 Å². The number of carboxylic acid groups (broad SMARTS) is 1. The van der Waals surface area contributed by atoms with E-state index in [4.69, 9.17) is 5.11 Å². The van der Waals surface area contributed by atoms with Gasteiger partial charge in [0.05, 0.1) is 11.5 Å². The lowest BCUT2D eigenvalue weighted by Gasteiger charge is -2.18. The van der Waals surface area contributed by atoms with Crippen LogP contribution < -0.4 is 0 Å². The van der Waals surface area contributed by atoms with Crippen molar-refractivity contribution >= 4 is 21.9 Å². The van der Waals surface area contributed by atoms with Gasteiger partial charge in [-0.25, -0.2) is 0 Å². The summed E-state index contributed by atoms with van der Waals surface area (Å²) in [7, 11) is 0. The number of rotatable bonds is 3. The maximum Gasteiger partial charge on any atom is 0.416 e. The smallest absolute Gasteiger partial charge is 0.416 e. The zero-order valence-electron chi connectivity index (χ0n) is 9.17. The minimum atomic E-state index is -4.53. The molecule has 0 amide bonds. The van der Waals surface area contributed by atoms with Crippen molar-refractivity contribution in [3.8, 4) is 0 Å². The monoisotopic (exact) mass is 322 g/mol. The molecular formula is C12H10BrF3O2. The van der Waals surface area contributed by atoms with Gasteiger partial charge in [0.2, 0.25) is 0 Å². The fourth-order valence-electron chi connectivity index (χ4n) is 2.07. The fourth-order valence-corrected chi connectivity index (χ4v) is 2.45. The van der Waals surface area contributed by atoms with Crippen molar-refractivity contribution in [1.82, 2.24) is 0 Å². The van der Waals surface area contributed by atoms with Crippen molar-refractivity contribution in [2.75, 3.05) is 0 Å². The topological polar surface area (TPSA) is 37.3 Å². The summed E-state index contributed by atoms with van der Waals surface area (Å²) in [6.07, 6.45) is -3.19. The molecule has 0 heterocycles. The molecule has 1 unspecified atom stereocenters. The van der Waals surface area contributed by atoms with Crippen LogP contribution in [-0.4, -0.2) is 11.1 Å². The Morgan fingerprint density at radius 3 is 2.44 bits per heavy atom. The summed E-state index contributed by atoms with van der Waals surface area (Å²) < 4.78 is 39.1. The highest BCUT2D eigenvalue weighted by Gasteiger charge is 2.43. The van der Waals surface area contributed by atoms with Crippen LogP contribution in [0.15, 0.2) is 22.7 Å². The lowest BCUT2D eigenvalue weighted by Crippen LogP contribution is -2.19. The quantitative estimate of drug-likeness (QED) is 0.911. The van der Waals surface area contributed by atoms with Gasteiger partial charge in [-0.15, -0.1) is 0 Å². The molecule has 1 atom stereocenters. The molecule has 2 rings (SSSR count). The highest BCUT2D eigenvalue weighted by Crippen LogP contribution is 2.46. The molecule has 1 aromatic carbocycles. The number of hydrogen-bond acceptors (Lipinski definition) is 1. The fraction of sp³-hybridized carbons (Fsp3) is 0.417. The number of halogens is 4. The molecule has 2 nitrogen and oxygen atoms in total. The number of carbonyl (C=O) groups is 1. The Labute approximate surface area is 110 Å². The van der Waals surface area contributed by atoms with Crippen molar-refractivity contribution in [3.05, 3.63) is 33.8 Å². The summed E-state index contributed by atoms with van der Waals surface area (Å²) in [5.41, 5.74) is -1.00. The molecular weight excluding hydrogens is 313 g/mol. The van der Waals surface area contributed by atoms with E-state index in [0.717, 1.165) is 6.07 Å². The van der Waals surface area contributed by atoms with E-state index in [2.05, 4.69) is 15.9 Å². The van der Waals surface area contributed by atoms with E-state index in [1.807, 2.05) is 0 Å². The third-order valence-electron chi connectivity index (χ3n) is 3.01.